The number of amides is 1. The first-order chi connectivity index (χ1) is 15.8. The molecule has 8 heteroatoms. The highest BCUT2D eigenvalue weighted by Crippen LogP contribution is 2.40. The van der Waals surface area contributed by atoms with Gasteiger partial charge in [0.1, 0.15) is 0 Å². The fraction of sp³-hybridized carbons (Fsp3) is 0.520. The van der Waals surface area contributed by atoms with Crippen molar-refractivity contribution in [2.75, 3.05) is 12.3 Å². The van der Waals surface area contributed by atoms with Crippen molar-refractivity contribution < 1.29 is 18.0 Å². The molecule has 1 fully saturated rings. The number of carbonyl (C=O) groups excluding carboxylic acids is 1. The van der Waals surface area contributed by atoms with Crippen LogP contribution in [0.5, 0.6) is 0 Å². The topological polar surface area (TPSA) is 45.2 Å². The van der Waals surface area contributed by atoms with Crippen LogP contribution in [0.25, 0.3) is 0 Å². The summed E-state index contributed by atoms with van der Waals surface area (Å²) in [6.45, 7) is 4.75. The molecule has 33 heavy (non-hydrogen) atoms. The molecule has 2 aromatic rings. The van der Waals surface area contributed by atoms with E-state index in [-0.39, 0.29) is 18.7 Å². The van der Waals surface area contributed by atoms with Crippen LogP contribution in [0.3, 0.4) is 0 Å². The lowest BCUT2D eigenvalue weighted by molar-refractivity contribution is -0.184. The maximum Gasteiger partial charge on any atom is 0.391 e. The number of nitrogens with zero attached hydrogens (tertiary/aromatic N) is 2. The third-order valence-corrected chi connectivity index (χ3v) is 7.50. The first-order valence-corrected chi connectivity index (χ1v) is 12.6. The highest BCUT2D eigenvalue weighted by Gasteiger charge is 2.41. The summed E-state index contributed by atoms with van der Waals surface area (Å²) in [5.41, 5.74) is 3.58. The van der Waals surface area contributed by atoms with Gasteiger partial charge < -0.3 is 5.32 Å². The van der Waals surface area contributed by atoms with Crippen LogP contribution in [-0.2, 0) is 19.6 Å². The summed E-state index contributed by atoms with van der Waals surface area (Å²) in [4.78, 5) is 20.6. The molecule has 1 aromatic heterocycles. The zero-order valence-electron chi connectivity index (χ0n) is 18.8. The van der Waals surface area contributed by atoms with Gasteiger partial charge in [-0.3, -0.25) is 14.7 Å². The van der Waals surface area contributed by atoms with Crippen LogP contribution >= 0.6 is 11.8 Å². The number of halogens is 3. The van der Waals surface area contributed by atoms with Crippen molar-refractivity contribution in [3.05, 3.63) is 58.9 Å². The van der Waals surface area contributed by atoms with E-state index in [1.54, 1.807) is 18.0 Å². The van der Waals surface area contributed by atoms with Gasteiger partial charge in [-0.15, -0.1) is 11.8 Å². The number of pyridine rings is 1. The molecule has 1 aliphatic heterocycles. The fourth-order valence-corrected chi connectivity index (χ4v) is 5.43. The largest absolute Gasteiger partial charge is 0.391 e. The Morgan fingerprint density at radius 1 is 1.15 bits per heavy atom. The number of fused-ring (bicyclic) bond motifs is 1. The van der Waals surface area contributed by atoms with E-state index in [1.807, 2.05) is 18.2 Å². The number of hydrogen-bond acceptors (Lipinski definition) is 4. The second kappa shape index (κ2) is 10.5. The predicted octanol–water partition coefficient (Wildman–Crippen LogP) is 5.81. The summed E-state index contributed by atoms with van der Waals surface area (Å²) >= 11 is 1.78. The molecular formula is C25H30F3N3OS. The van der Waals surface area contributed by atoms with Gasteiger partial charge in [-0.1, -0.05) is 19.1 Å². The number of aromatic nitrogens is 1. The van der Waals surface area contributed by atoms with Gasteiger partial charge in [0.15, 0.2) is 0 Å². The first kappa shape index (κ1) is 24.1. The van der Waals surface area contributed by atoms with Crippen LogP contribution in [0.2, 0.25) is 0 Å². The third kappa shape index (κ3) is 6.29. The molecule has 2 heterocycles. The molecule has 1 saturated carbocycles. The number of hydrogen-bond donors (Lipinski definition) is 1. The van der Waals surface area contributed by atoms with Gasteiger partial charge >= 0.3 is 6.18 Å². The lowest BCUT2D eigenvalue weighted by atomic mass is 9.81. The monoisotopic (exact) mass is 477 g/mol. The van der Waals surface area contributed by atoms with Gasteiger partial charge in [0.2, 0.25) is 0 Å². The SMILES string of the molecule is CCSc1ccc(CNC(=O)c2cnc3c(c2)CN(CC2CCC(C(F)(F)F)CC2)C3)cc1. The highest BCUT2D eigenvalue weighted by atomic mass is 32.2. The Morgan fingerprint density at radius 2 is 1.88 bits per heavy atom. The number of rotatable bonds is 7. The lowest BCUT2D eigenvalue weighted by Crippen LogP contribution is -2.32. The quantitative estimate of drug-likeness (QED) is 0.512. The summed E-state index contributed by atoms with van der Waals surface area (Å²) in [5, 5.41) is 2.96. The number of nitrogens with one attached hydrogen (secondary N) is 1. The normalized spacial score (nSPS) is 21.1. The van der Waals surface area contributed by atoms with E-state index in [0.29, 0.717) is 44.0 Å². The summed E-state index contributed by atoms with van der Waals surface area (Å²) in [6.07, 6.45) is -0.734. The molecule has 1 aliphatic carbocycles. The van der Waals surface area contributed by atoms with Gasteiger partial charge in [-0.2, -0.15) is 13.2 Å². The minimum Gasteiger partial charge on any atom is -0.348 e. The Bertz CT molecular complexity index is 956. The maximum absolute atomic E-state index is 12.9. The van der Waals surface area contributed by atoms with Gasteiger partial charge in [0.25, 0.3) is 5.91 Å². The molecule has 4 nitrogen and oxygen atoms in total. The van der Waals surface area contributed by atoms with Gasteiger partial charge in [-0.05, 0) is 66.7 Å². The smallest absolute Gasteiger partial charge is 0.348 e. The van der Waals surface area contributed by atoms with Crippen LogP contribution in [-0.4, -0.2) is 34.3 Å². The average molecular weight is 478 g/mol. The van der Waals surface area contributed by atoms with Gasteiger partial charge in [0.05, 0.1) is 17.2 Å². The van der Waals surface area contributed by atoms with Crippen LogP contribution in [0.15, 0.2) is 41.4 Å². The fourth-order valence-electron chi connectivity index (χ4n) is 4.77. The molecule has 0 spiro atoms. The van der Waals surface area contributed by atoms with Crippen LogP contribution < -0.4 is 5.32 Å². The van der Waals surface area contributed by atoms with Crippen LogP contribution in [0.4, 0.5) is 13.2 Å². The molecule has 1 N–H and O–H groups in total. The zero-order chi connectivity index (χ0) is 23.4. The summed E-state index contributed by atoms with van der Waals surface area (Å²) in [5.74, 6) is 0.0299. The van der Waals surface area contributed by atoms with E-state index in [4.69, 9.17) is 0 Å². The Hall–Kier alpha value is -2.06. The second-order valence-electron chi connectivity index (χ2n) is 9.02. The Balaban J connectivity index is 1.27. The van der Waals surface area contributed by atoms with Crippen molar-refractivity contribution in [3.63, 3.8) is 0 Å². The third-order valence-electron chi connectivity index (χ3n) is 6.60. The molecule has 0 saturated heterocycles. The van der Waals surface area contributed by atoms with E-state index >= 15 is 0 Å². The van der Waals surface area contributed by atoms with Crippen molar-refractivity contribution in [2.45, 2.75) is 63.3 Å². The molecule has 4 rings (SSSR count). The van der Waals surface area contributed by atoms with Gasteiger partial charge in [-0.25, -0.2) is 0 Å². The molecule has 0 atom stereocenters. The van der Waals surface area contributed by atoms with E-state index < -0.39 is 12.1 Å². The predicted molar refractivity (Wildman–Crippen MR) is 124 cm³/mol. The van der Waals surface area contributed by atoms with E-state index in [2.05, 4.69) is 34.3 Å². The molecule has 178 valence electrons. The first-order valence-electron chi connectivity index (χ1n) is 11.6. The summed E-state index contributed by atoms with van der Waals surface area (Å²) in [6, 6.07) is 10.1. The average Bonchev–Trinajstić information content (AvgIpc) is 3.20. The van der Waals surface area contributed by atoms with E-state index in [1.165, 1.54) is 4.90 Å². The molecule has 2 aliphatic rings. The van der Waals surface area contributed by atoms with Crippen molar-refractivity contribution in [1.82, 2.24) is 15.2 Å². The number of carbonyl (C=O) groups is 1. The minimum absolute atomic E-state index is 0.152. The Labute approximate surface area is 197 Å². The van der Waals surface area contributed by atoms with E-state index in [9.17, 15) is 18.0 Å². The van der Waals surface area contributed by atoms with Gasteiger partial charge in [0, 0.05) is 37.3 Å². The Morgan fingerprint density at radius 3 is 2.55 bits per heavy atom. The van der Waals surface area contributed by atoms with E-state index in [0.717, 1.165) is 29.1 Å². The molecule has 0 radical (unpaired) electrons. The van der Waals surface area contributed by atoms with Crippen LogP contribution in [0, 0.1) is 11.8 Å². The summed E-state index contributed by atoms with van der Waals surface area (Å²) < 4.78 is 38.7. The lowest BCUT2D eigenvalue weighted by Gasteiger charge is -2.32. The molecule has 0 bridgehead atoms. The Kier molecular flexibility index (Phi) is 7.64. The molecule has 0 unspecified atom stereocenters. The molecule has 1 aromatic carbocycles. The van der Waals surface area contributed by atoms with Crippen molar-refractivity contribution >= 4 is 17.7 Å². The number of benzene rings is 1. The zero-order valence-corrected chi connectivity index (χ0v) is 19.6. The number of thioether (sulfide) groups is 1. The summed E-state index contributed by atoms with van der Waals surface area (Å²) in [7, 11) is 0. The van der Waals surface area contributed by atoms with Crippen molar-refractivity contribution in [2.24, 2.45) is 11.8 Å². The standard InChI is InChI=1S/C25H30F3N3OS/c1-2-33-22-9-5-17(6-10-22)12-30-24(32)19-11-20-15-31(16-23(20)29-13-19)14-18-3-7-21(8-4-18)25(26,27)28/h5-6,9-11,13,18,21H,2-4,7-8,12,14-16H2,1H3,(H,30,32). The molecule has 1 amide bonds. The van der Waals surface area contributed by atoms with Crippen molar-refractivity contribution in [1.29, 1.82) is 0 Å². The number of alkyl halides is 3. The van der Waals surface area contributed by atoms with Crippen molar-refractivity contribution in [3.8, 4) is 0 Å². The molecular weight excluding hydrogens is 447 g/mol. The second-order valence-corrected chi connectivity index (χ2v) is 10.4. The minimum atomic E-state index is -4.06. The maximum atomic E-state index is 12.9. The van der Waals surface area contributed by atoms with Crippen LogP contribution in [0.1, 0.15) is 59.8 Å². The highest BCUT2D eigenvalue weighted by molar-refractivity contribution is 7.99.